The molecule has 0 saturated carbocycles. The Hall–Kier alpha value is -1.69. The van der Waals surface area contributed by atoms with Gasteiger partial charge in [-0.3, -0.25) is 0 Å². The molecule has 0 aliphatic carbocycles. The zero-order valence-electron chi connectivity index (χ0n) is 10.8. The molecule has 0 amide bonds. The maximum atomic E-state index is 11.7. The molecule has 0 atom stereocenters. The van der Waals surface area contributed by atoms with Crippen LogP contribution in [0.5, 0.6) is 0 Å². The Kier molecular flexibility index (Phi) is 3.47. The van der Waals surface area contributed by atoms with Gasteiger partial charge >= 0.3 is 5.97 Å². The monoisotopic (exact) mass is 265 g/mol. The van der Waals surface area contributed by atoms with E-state index in [9.17, 15) is 4.79 Å². The number of aromatic nitrogens is 2. The molecule has 0 spiro atoms. The van der Waals surface area contributed by atoms with Gasteiger partial charge in [-0.15, -0.1) is 11.3 Å². The number of hydrogen-bond donors (Lipinski definition) is 1. The lowest BCUT2D eigenvalue weighted by Crippen LogP contribution is -2.03. The van der Waals surface area contributed by atoms with Crippen LogP contribution in [0.15, 0.2) is 0 Å². The second kappa shape index (κ2) is 4.89. The number of methoxy groups -OCH3 is 1. The highest BCUT2D eigenvalue weighted by atomic mass is 32.1. The third kappa shape index (κ3) is 2.03. The Morgan fingerprint density at radius 3 is 2.72 bits per heavy atom. The van der Waals surface area contributed by atoms with Gasteiger partial charge in [0.25, 0.3) is 0 Å². The molecule has 2 aromatic heterocycles. The number of nitrogens with zero attached hydrogens (tertiary/aromatic N) is 2. The van der Waals surface area contributed by atoms with Crippen LogP contribution >= 0.6 is 11.3 Å². The first-order valence-corrected chi connectivity index (χ1v) is 6.50. The van der Waals surface area contributed by atoms with Crippen molar-refractivity contribution in [2.75, 3.05) is 19.0 Å². The first-order chi connectivity index (χ1) is 8.58. The second-order valence-corrected chi connectivity index (χ2v) is 4.88. The van der Waals surface area contributed by atoms with Crippen molar-refractivity contribution in [3.63, 3.8) is 0 Å². The van der Waals surface area contributed by atoms with Crippen molar-refractivity contribution in [1.29, 1.82) is 0 Å². The van der Waals surface area contributed by atoms with Gasteiger partial charge in [0.2, 0.25) is 0 Å². The summed E-state index contributed by atoms with van der Waals surface area (Å²) < 4.78 is 4.78. The van der Waals surface area contributed by atoms with Crippen LogP contribution in [-0.2, 0) is 4.74 Å². The smallest absolute Gasteiger partial charge is 0.348 e. The predicted molar refractivity (Wildman–Crippen MR) is 72.4 cm³/mol. The normalized spacial score (nSPS) is 10.7. The van der Waals surface area contributed by atoms with Crippen LogP contribution in [0.2, 0.25) is 0 Å². The number of nitrogens with one attached hydrogen (secondary N) is 1. The number of carbonyl (C=O) groups is 1. The molecule has 18 heavy (non-hydrogen) atoms. The van der Waals surface area contributed by atoms with Crippen LogP contribution in [0.1, 0.15) is 28.0 Å². The molecule has 2 aromatic rings. The molecular weight excluding hydrogens is 250 g/mol. The molecule has 0 fully saturated rings. The zero-order valence-corrected chi connectivity index (χ0v) is 11.6. The van der Waals surface area contributed by atoms with Crippen molar-refractivity contribution in [2.45, 2.75) is 20.8 Å². The first kappa shape index (κ1) is 12.8. The number of rotatable bonds is 3. The molecule has 5 nitrogen and oxygen atoms in total. The summed E-state index contributed by atoms with van der Waals surface area (Å²) in [5, 5.41) is 4.12. The SMILES string of the molecule is CCNc1nc(C)nc2sc(C(=O)OC)c(C)c12. The van der Waals surface area contributed by atoms with Crippen molar-refractivity contribution in [3.8, 4) is 0 Å². The molecule has 0 radical (unpaired) electrons. The molecule has 0 aliphatic heterocycles. The van der Waals surface area contributed by atoms with Gasteiger partial charge in [0.15, 0.2) is 0 Å². The molecule has 0 unspecified atom stereocenters. The molecule has 2 rings (SSSR count). The van der Waals surface area contributed by atoms with Gasteiger partial charge < -0.3 is 10.1 Å². The van der Waals surface area contributed by atoms with Crippen molar-refractivity contribution >= 4 is 33.3 Å². The van der Waals surface area contributed by atoms with E-state index in [0.717, 1.165) is 28.1 Å². The lowest BCUT2D eigenvalue weighted by Gasteiger charge is -2.05. The van der Waals surface area contributed by atoms with Crippen LogP contribution in [-0.4, -0.2) is 29.6 Å². The van der Waals surface area contributed by atoms with E-state index in [2.05, 4.69) is 15.3 Å². The summed E-state index contributed by atoms with van der Waals surface area (Å²) in [7, 11) is 1.38. The minimum absolute atomic E-state index is 0.324. The van der Waals surface area contributed by atoms with Gasteiger partial charge in [-0.05, 0) is 26.3 Å². The number of hydrogen-bond acceptors (Lipinski definition) is 6. The minimum atomic E-state index is -0.324. The third-order valence-corrected chi connectivity index (χ3v) is 3.78. The third-order valence-electron chi connectivity index (χ3n) is 2.62. The second-order valence-electron chi connectivity index (χ2n) is 3.88. The van der Waals surface area contributed by atoms with E-state index in [-0.39, 0.29) is 5.97 Å². The van der Waals surface area contributed by atoms with E-state index in [0.29, 0.717) is 10.7 Å². The molecular formula is C12H15N3O2S. The van der Waals surface area contributed by atoms with E-state index in [4.69, 9.17) is 4.74 Å². The molecule has 96 valence electrons. The van der Waals surface area contributed by atoms with Crippen LogP contribution in [0, 0.1) is 13.8 Å². The Morgan fingerprint density at radius 2 is 2.11 bits per heavy atom. The number of fused-ring (bicyclic) bond motifs is 1. The molecule has 2 heterocycles. The average Bonchev–Trinajstić information content (AvgIpc) is 2.66. The fourth-order valence-electron chi connectivity index (χ4n) is 1.83. The van der Waals surface area contributed by atoms with Crippen LogP contribution < -0.4 is 5.32 Å². The average molecular weight is 265 g/mol. The Morgan fingerprint density at radius 1 is 1.39 bits per heavy atom. The number of esters is 1. The minimum Gasteiger partial charge on any atom is -0.465 e. The van der Waals surface area contributed by atoms with Crippen LogP contribution in [0.3, 0.4) is 0 Å². The molecule has 0 aliphatic rings. The maximum Gasteiger partial charge on any atom is 0.348 e. The lowest BCUT2D eigenvalue weighted by atomic mass is 10.2. The van der Waals surface area contributed by atoms with E-state index < -0.39 is 0 Å². The summed E-state index contributed by atoms with van der Waals surface area (Å²) in [6.07, 6.45) is 0. The van der Waals surface area contributed by atoms with Crippen molar-refractivity contribution < 1.29 is 9.53 Å². The zero-order chi connectivity index (χ0) is 13.3. The maximum absolute atomic E-state index is 11.7. The van der Waals surface area contributed by atoms with Gasteiger partial charge in [-0.25, -0.2) is 14.8 Å². The first-order valence-electron chi connectivity index (χ1n) is 5.68. The van der Waals surface area contributed by atoms with Crippen molar-refractivity contribution in [3.05, 3.63) is 16.3 Å². The van der Waals surface area contributed by atoms with Crippen molar-refractivity contribution in [2.24, 2.45) is 0 Å². The fraction of sp³-hybridized carbons (Fsp3) is 0.417. The number of anilines is 1. The summed E-state index contributed by atoms with van der Waals surface area (Å²) in [4.78, 5) is 21.8. The molecule has 1 N–H and O–H groups in total. The van der Waals surface area contributed by atoms with Gasteiger partial charge in [-0.2, -0.15) is 0 Å². The Labute approximate surface area is 109 Å². The summed E-state index contributed by atoms with van der Waals surface area (Å²) in [6, 6.07) is 0. The van der Waals surface area contributed by atoms with Gasteiger partial charge in [0.1, 0.15) is 21.3 Å². The molecule has 0 bridgehead atoms. The van der Waals surface area contributed by atoms with Gasteiger partial charge in [-0.1, -0.05) is 0 Å². The predicted octanol–water partition coefficient (Wildman–Crippen LogP) is 2.53. The Balaban J connectivity index is 2.71. The van der Waals surface area contributed by atoms with Gasteiger partial charge in [0, 0.05) is 6.54 Å². The summed E-state index contributed by atoms with van der Waals surface area (Å²) in [5.74, 6) is 1.15. The highest BCUT2D eigenvalue weighted by Gasteiger charge is 2.20. The largest absolute Gasteiger partial charge is 0.465 e. The Bertz CT molecular complexity index is 607. The van der Waals surface area contributed by atoms with E-state index in [1.807, 2.05) is 20.8 Å². The number of aryl methyl sites for hydroxylation is 2. The van der Waals surface area contributed by atoms with Crippen LogP contribution in [0.25, 0.3) is 10.2 Å². The van der Waals surface area contributed by atoms with E-state index in [1.54, 1.807) is 0 Å². The lowest BCUT2D eigenvalue weighted by molar-refractivity contribution is 0.0605. The highest BCUT2D eigenvalue weighted by Crippen LogP contribution is 2.34. The topological polar surface area (TPSA) is 64.1 Å². The molecule has 6 heteroatoms. The quantitative estimate of drug-likeness (QED) is 0.864. The fourth-order valence-corrected chi connectivity index (χ4v) is 2.97. The standard InChI is InChI=1S/C12H15N3O2S/c1-5-13-10-8-6(2)9(12(16)17-4)18-11(8)15-7(3)14-10/h5H2,1-4H3,(H,13,14,15). The number of thiophene rings is 1. The van der Waals surface area contributed by atoms with Crippen molar-refractivity contribution in [1.82, 2.24) is 9.97 Å². The van der Waals surface area contributed by atoms with E-state index in [1.165, 1.54) is 18.4 Å². The number of carbonyl (C=O) groups excluding carboxylic acids is 1. The van der Waals surface area contributed by atoms with Crippen LogP contribution in [0.4, 0.5) is 5.82 Å². The van der Waals surface area contributed by atoms with E-state index >= 15 is 0 Å². The summed E-state index contributed by atoms with van der Waals surface area (Å²) >= 11 is 1.35. The summed E-state index contributed by atoms with van der Waals surface area (Å²) in [5.41, 5.74) is 0.873. The number of ether oxygens (including phenoxy) is 1. The summed E-state index contributed by atoms with van der Waals surface area (Å²) in [6.45, 7) is 6.51. The highest BCUT2D eigenvalue weighted by molar-refractivity contribution is 7.20. The molecule has 0 saturated heterocycles. The molecule has 0 aromatic carbocycles. The van der Waals surface area contributed by atoms with Gasteiger partial charge in [0.05, 0.1) is 12.5 Å².